The Kier molecular flexibility index (Phi) is 12.0. The molecule has 23 nitrogen and oxygen atoms in total. The Morgan fingerprint density at radius 3 is 1.98 bits per heavy atom. The van der Waals surface area contributed by atoms with Crippen LogP contribution in [-0.2, 0) is 51.4 Å². The second-order valence-electron chi connectivity index (χ2n) is 13.1. The molecule has 56 heavy (non-hydrogen) atoms. The number of rotatable bonds is 14. The summed E-state index contributed by atoms with van der Waals surface area (Å²) in [5, 5.41) is 33.5. The third-order valence-electron chi connectivity index (χ3n) is 9.24. The Morgan fingerprint density at radius 2 is 1.41 bits per heavy atom. The number of fused-ring (bicyclic) bond motifs is 1. The van der Waals surface area contributed by atoms with Gasteiger partial charge in [0, 0.05) is 38.3 Å². The molecule has 11 unspecified atom stereocenters. The molecule has 4 aromatic heterocycles. The van der Waals surface area contributed by atoms with Crippen LogP contribution in [0.1, 0.15) is 37.9 Å². The van der Waals surface area contributed by atoms with Crippen LogP contribution in [0.15, 0.2) is 46.8 Å². The van der Waals surface area contributed by atoms with Gasteiger partial charge in [0.25, 0.3) is 6.64 Å². The fraction of sp³-hybridized carbons (Fsp3) is 0.552. The van der Waals surface area contributed by atoms with Crippen LogP contribution >= 0.6 is 13.1 Å². The lowest BCUT2D eigenvalue weighted by Gasteiger charge is -2.26. The third-order valence-corrected chi connectivity index (χ3v) is 12.7. The normalized spacial score (nSPS) is 30.1. The minimum atomic E-state index is -3.88. The molecular weight excluding hydrogens is 820 g/mol. The Bertz CT molecular complexity index is 2290. The maximum Gasteiger partial charge on any atom is 0.351 e. The fourth-order valence-electron chi connectivity index (χ4n) is 6.59. The van der Waals surface area contributed by atoms with Gasteiger partial charge in [-0.2, -0.15) is 9.97 Å². The summed E-state index contributed by atoms with van der Waals surface area (Å²) in [6, 6.07) is 2.88. The zero-order valence-electron chi connectivity index (χ0n) is 29.4. The molecule has 0 saturated carbocycles. The third kappa shape index (κ3) is 8.85. The predicted molar refractivity (Wildman–Crippen MR) is 203 cm³/mol. The van der Waals surface area contributed by atoms with Gasteiger partial charge in [-0.3, -0.25) is 18.8 Å². The number of aliphatic hydroxyl groups is 3. The molecular formula is C29H39N11O12P2S2. The summed E-state index contributed by atoms with van der Waals surface area (Å²) < 4.78 is 39.8. The number of nitrogens with zero attached hydrogens (tertiary/aromatic N) is 8. The van der Waals surface area contributed by atoms with E-state index in [1.807, 2.05) is 0 Å². The van der Waals surface area contributed by atoms with Crippen molar-refractivity contribution < 1.29 is 48.0 Å². The molecule has 7 heterocycles. The van der Waals surface area contributed by atoms with Gasteiger partial charge in [0.05, 0.1) is 44.5 Å². The molecule has 3 fully saturated rings. The van der Waals surface area contributed by atoms with Crippen molar-refractivity contribution in [3.8, 4) is 0 Å². The molecule has 0 amide bonds. The lowest BCUT2D eigenvalue weighted by Crippen LogP contribution is -2.29. The van der Waals surface area contributed by atoms with Crippen molar-refractivity contribution >= 4 is 65.4 Å². The van der Waals surface area contributed by atoms with E-state index in [0.29, 0.717) is 0 Å². The highest BCUT2D eigenvalue weighted by Crippen LogP contribution is 2.50. The maximum atomic E-state index is 12.4. The summed E-state index contributed by atoms with van der Waals surface area (Å²) in [5.41, 5.74) is 10.4. The van der Waals surface area contributed by atoms with Crippen LogP contribution < -0.4 is 27.9 Å². The zero-order valence-corrected chi connectivity index (χ0v) is 32.8. The molecule has 304 valence electrons. The second kappa shape index (κ2) is 16.5. The van der Waals surface area contributed by atoms with Crippen molar-refractivity contribution in [1.82, 2.24) is 38.6 Å². The minimum Gasteiger partial charge on any atom is -0.394 e. The first kappa shape index (κ1) is 40.8. The van der Waals surface area contributed by atoms with Crippen molar-refractivity contribution in [2.75, 3.05) is 43.0 Å². The van der Waals surface area contributed by atoms with Gasteiger partial charge in [-0.05, 0) is 35.7 Å². The summed E-state index contributed by atoms with van der Waals surface area (Å²) in [6.45, 7) is -6.29. The highest BCUT2D eigenvalue weighted by Gasteiger charge is 2.42. The summed E-state index contributed by atoms with van der Waals surface area (Å²) in [5.74, 6) is 0.151. The summed E-state index contributed by atoms with van der Waals surface area (Å²) in [6.07, 6.45) is -1.62. The second-order valence-corrected chi connectivity index (χ2v) is 20.1. The first-order valence-corrected chi connectivity index (χ1v) is 22.8. The van der Waals surface area contributed by atoms with Crippen LogP contribution in [0.3, 0.4) is 0 Å². The van der Waals surface area contributed by atoms with Crippen LogP contribution in [0.2, 0.25) is 0 Å². The molecule has 3 saturated heterocycles. The molecule has 0 aromatic carbocycles. The van der Waals surface area contributed by atoms with Gasteiger partial charge in [0.2, 0.25) is 0 Å². The first-order chi connectivity index (χ1) is 26.6. The van der Waals surface area contributed by atoms with Crippen LogP contribution in [0.5, 0.6) is 0 Å². The molecule has 3 aliphatic heterocycles. The molecule has 0 radical (unpaired) electrons. The smallest absolute Gasteiger partial charge is 0.351 e. The van der Waals surface area contributed by atoms with E-state index in [1.54, 1.807) is 11.2 Å². The quantitative estimate of drug-likeness (QED) is 0.0753. The number of anilines is 3. The Balaban J connectivity index is 0.968. The van der Waals surface area contributed by atoms with Gasteiger partial charge in [0.15, 0.2) is 23.5 Å². The first-order valence-electron chi connectivity index (χ1n) is 17.1. The van der Waals surface area contributed by atoms with Crippen molar-refractivity contribution in [3.63, 3.8) is 0 Å². The van der Waals surface area contributed by atoms with E-state index in [9.17, 15) is 29.8 Å². The number of nitrogen functional groups attached to an aromatic ring is 2. The lowest BCUT2D eigenvalue weighted by molar-refractivity contribution is -0.0481. The van der Waals surface area contributed by atoms with Crippen LogP contribution in [0.4, 0.5) is 17.5 Å². The number of aliphatic hydroxyl groups excluding tert-OH is 3. The number of nitrogens with two attached hydrogens (primary N) is 2. The fourth-order valence-corrected chi connectivity index (χ4v) is 9.96. The van der Waals surface area contributed by atoms with E-state index >= 15 is 0 Å². The molecule has 3 aliphatic rings. The van der Waals surface area contributed by atoms with E-state index < -0.39 is 93.0 Å². The van der Waals surface area contributed by atoms with E-state index in [1.165, 1.54) is 46.3 Å². The monoisotopic (exact) mass is 859 g/mol. The highest BCUT2D eigenvalue weighted by atomic mass is 32.5. The number of aromatic nitrogens is 8. The van der Waals surface area contributed by atoms with E-state index in [-0.39, 0.29) is 54.5 Å². The van der Waals surface area contributed by atoms with Crippen LogP contribution in [0, 0.1) is 0 Å². The van der Waals surface area contributed by atoms with Crippen LogP contribution in [0.25, 0.3) is 11.2 Å². The Morgan fingerprint density at radius 1 is 0.857 bits per heavy atom. The largest absolute Gasteiger partial charge is 0.394 e. The van der Waals surface area contributed by atoms with Crippen molar-refractivity contribution in [2.24, 2.45) is 0 Å². The molecule has 27 heteroatoms. The Labute approximate surface area is 326 Å². The topological polar surface area (TPSA) is 314 Å². The number of hydrogen-bond acceptors (Lipinski definition) is 20. The van der Waals surface area contributed by atoms with Gasteiger partial charge in [0.1, 0.15) is 55.0 Å². The highest BCUT2D eigenvalue weighted by molar-refractivity contribution is 8.10. The van der Waals surface area contributed by atoms with Gasteiger partial charge in [-0.15, -0.1) is 0 Å². The van der Waals surface area contributed by atoms with Crippen molar-refractivity contribution in [1.29, 1.82) is 0 Å². The van der Waals surface area contributed by atoms with Gasteiger partial charge in [-0.1, -0.05) is 0 Å². The average molecular weight is 860 g/mol. The van der Waals surface area contributed by atoms with Crippen molar-refractivity contribution in [3.05, 3.63) is 58.1 Å². The molecule has 7 rings (SSSR count). The van der Waals surface area contributed by atoms with Gasteiger partial charge >= 0.3 is 11.4 Å². The summed E-state index contributed by atoms with van der Waals surface area (Å²) >= 11 is 11.1. The summed E-state index contributed by atoms with van der Waals surface area (Å²) in [7, 11) is 0. The number of imidazole rings is 1. The van der Waals surface area contributed by atoms with Gasteiger partial charge in [-0.25, -0.2) is 24.5 Å². The predicted octanol–water partition coefficient (Wildman–Crippen LogP) is -0.932. The van der Waals surface area contributed by atoms with Crippen LogP contribution in [-0.4, -0.2) is 122 Å². The Hall–Kier alpha value is -3.39. The average Bonchev–Trinajstić information content (AvgIpc) is 3.92. The minimum absolute atomic E-state index is 0.0372. The summed E-state index contributed by atoms with van der Waals surface area (Å²) in [4.78, 5) is 56.2. The maximum absolute atomic E-state index is 12.4. The van der Waals surface area contributed by atoms with Crippen molar-refractivity contribution in [2.45, 2.75) is 74.6 Å². The standard InChI is InChI=1S/C29H39N11O12P2S2/c1-53(55,51-15-7-23(48-17(15)9-41)38-4-2-20(30)35-28(38)44)47-11-19-14(43)6-22(50-19)40-13-34-25-26(32-12-33-27(25)40)37-54(46,56)52-16-8-24(49-18(16)10-42)39-5-3-21(31)36-29(39)45/h2-5,12-19,22-24,41-43H,6-11H2,1H3,(H2,30,35,44)(H2,31,36,45)(H2,32,33,37,46,56). The molecule has 0 spiro atoms. The zero-order chi connectivity index (χ0) is 39.9. The number of nitrogens with one attached hydrogen (secondary N) is 1. The molecule has 0 aliphatic carbocycles. The molecule has 11 atom stereocenters. The molecule has 9 N–H and O–H groups in total. The van der Waals surface area contributed by atoms with E-state index in [2.05, 4.69) is 30.0 Å². The SMILES string of the molecule is CP(=S)(OCC1OC(n2cnc3c(NP(O)(=S)OC4CC(n5ccc(N)nc5=O)OC4CO)ncnc32)CC1O)OC1CC(n2ccc(N)nc2=O)OC1CO. The van der Waals surface area contributed by atoms with E-state index in [4.69, 9.17) is 62.9 Å². The molecule has 4 aromatic rings. The van der Waals surface area contributed by atoms with Gasteiger partial charge < -0.3 is 59.5 Å². The molecule has 0 bridgehead atoms. The van der Waals surface area contributed by atoms with E-state index in [0.717, 1.165) is 0 Å². The number of ether oxygens (including phenoxy) is 3. The lowest BCUT2D eigenvalue weighted by atomic mass is 10.2. The number of hydrogen-bond donors (Lipinski definition) is 7.